The normalized spacial score (nSPS) is 10.0. The number of anilines is 1. The van der Waals surface area contributed by atoms with E-state index in [1.165, 1.54) is 6.33 Å². The molecule has 2 rings (SSSR count). The fraction of sp³-hybridized carbons (Fsp3) is 0.167. The van der Waals surface area contributed by atoms with E-state index in [4.69, 9.17) is 15.2 Å². The summed E-state index contributed by atoms with van der Waals surface area (Å²) in [6.07, 6.45) is 1.45. The van der Waals surface area contributed by atoms with E-state index in [9.17, 15) is 0 Å². The van der Waals surface area contributed by atoms with E-state index >= 15 is 0 Å². The van der Waals surface area contributed by atoms with Crippen molar-refractivity contribution >= 4 is 5.69 Å². The summed E-state index contributed by atoms with van der Waals surface area (Å²) in [5, 5.41) is 0. The molecule has 0 fully saturated rings. The average molecular weight is 231 g/mol. The summed E-state index contributed by atoms with van der Waals surface area (Å²) in [5.41, 5.74) is 7.17. The number of nitrogens with two attached hydrogens (primary N) is 1. The quantitative estimate of drug-likeness (QED) is 0.820. The first-order valence-electron chi connectivity index (χ1n) is 5.09. The third-order valence-corrected chi connectivity index (χ3v) is 2.21. The van der Waals surface area contributed by atoms with E-state index in [0.717, 1.165) is 5.69 Å². The van der Waals surface area contributed by atoms with Crippen LogP contribution in [0, 0.1) is 6.92 Å². The van der Waals surface area contributed by atoms with E-state index in [-0.39, 0.29) is 0 Å². The molecule has 1 heterocycles. The molecule has 5 nitrogen and oxygen atoms in total. The van der Waals surface area contributed by atoms with Gasteiger partial charge in [0.05, 0.1) is 12.8 Å². The molecule has 1 aromatic heterocycles. The van der Waals surface area contributed by atoms with Gasteiger partial charge in [0.1, 0.15) is 12.1 Å². The number of ether oxygens (including phenoxy) is 2. The van der Waals surface area contributed by atoms with Crippen molar-refractivity contribution in [1.29, 1.82) is 0 Å². The molecule has 0 aliphatic carbocycles. The van der Waals surface area contributed by atoms with E-state index in [1.807, 2.05) is 6.92 Å². The van der Waals surface area contributed by atoms with Crippen LogP contribution in [0.2, 0.25) is 0 Å². The molecule has 0 spiro atoms. The van der Waals surface area contributed by atoms with E-state index < -0.39 is 0 Å². The monoisotopic (exact) mass is 231 g/mol. The molecule has 2 aromatic rings. The molecule has 17 heavy (non-hydrogen) atoms. The number of benzene rings is 1. The van der Waals surface area contributed by atoms with Gasteiger partial charge in [-0.05, 0) is 19.1 Å². The maximum absolute atomic E-state index is 5.81. The number of aromatic nitrogens is 2. The first kappa shape index (κ1) is 11.2. The summed E-state index contributed by atoms with van der Waals surface area (Å²) < 4.78 is 10.7. The molecule has 0 unspecified atom stereocenters. The van der Waals surface area contributed by atoms with Crippen LogP contribution in [-0.4, -0.2) is 17.1 Å². The van der Waals surface area contributed by atoms with Gasteiger partial charge in [0.25, 0.3) is 0 Å². The molecule has 0 aliphatic rings. The van der Waals surface area contributed by atoms with Gasteiger partial charge < -0.3 is 15.2 Å². The summed E-state index contributed by atoms with van der Waals surface area (Å²) in [6.45, 7) is 1.86. The third-order valence-electron chi connectivity index (χ3n) is 2.21. The van der Waals surface area contributed by atoms with Gasteiger partial charge in [0.15, 0.2) is 5.75 Å². The van der Waals surface area contributed by atoms with Gasteiger partial charge in [0, 0.05) is 17.8 Å². The molecule has 0 amide bonds. The van der Waals surface area contributed by atoms with Gasteiger partial charge in [-0.1, -0.05) is 0 Å². The summed E-state index contributed by atoms with van der Waals surface area (Å²) in [6, 6.07) is 6.95. The maximum atomic E-state index is 5.81. The summed E-state index contributed by atoms with van der Waals surface area (Å²) in [7, 11) is 1.59. The van der Waals surface area contributed by atoms with Crippen LogP contribution in [0.1, 0.15) is 5.69 Å². The number of methoxy groups -OCH3 is 1. The topological polar surface area (TPSA) is 70.3 Å². The first-order valence-corrected chi connectivity index (χ1v) is 5.09. The Kier molecular flexibility index (Phi) is 3.09. The van der Waals surface area contributed by atoms with Crippen molar-refractivity contribution < 1.29 is 9.47 Å². The lowest BCUT2D eigenvalue weighted by Crippen LogP contribution is -1.95. The Morgan fingerprint density at radius 2 is 2.00 bits per heavy atom. The SMILES string of the molecule is COc1ccc(N)c(Oc2cc(C)ncn2)c1. The van der Waals surface area contributed by atoms with Crippen molar-refractivity contribution in [3.8, 4) is 17.4 Å². The molecule has 5 heteroatoms. The second-order valence-electron chi connectivity index (χ2n) is 3.50. The van der Waals surface area contributed by atoms with E-state index in [1.54, 1.807) is 31.4 Å². The van der Waals surface area contributed by atoms with Crippen LogP contribution in [0.5, 0.6) is 17.4 Å². The molecule has 0 atom stereocenters. The van der Waals surface area contributed by atoms with Crippen molar-refractivity contribution in [3.05, 3.63) is 36.3 Å². The van der Waals surface area contributed by atoms with Crippen LogP contribution in [0.15, 0.2) is 30.6 Å². The molecule has 0 bridgehead atoms. The second-order valence-corrected chi connectivity index (χ2v) is 3.50. The Bertz CT molecular complexity index is 529. The minimum atomic E-state index is 0.456. The van der Waals surface area contributed by atoms with Crippen LogP contribution in [0.3, 0.4) is 0 Å². The minimum absolute atomic E-state index is 0.456. The number of rotatable bonds is 3. The highest BCUT2D eigenvalue weighted by Gasteiger charge is 2.05. The van der Waals surface area contributed by atoms with Crippen LogP contribution < -0.4 is 15.2 Å². The van der Waals surface area contributed by atoms with Crippen molar-refractivity contribution in [2.24, 2.45) is 0 Å². The fourth-order valence-corrected chi connectivity index (χ4v) is 1.33. The predicted molar refractivity (Wildman–Crippen MR) is 64.2 cm³/mol. The fourth-order valence-electron chi connectivity index (χ4n) is 1.33. The summed E-state index contributed by atoms with van der Waals surface area (Å²) in [5.74, 6) is 1.65. The lowest BCUT2D eigenvalue weighted by molar-refractivity contribution is 0.407. The molecule has 1 aromatic carbocycles. The van der Waals surface area contributed by atoms with Gasteiger partial charge in [-0.3, -0.25) is 0 Å². The highest BCUT2D eigenvalue weighted by Crippen LogP contribution is 2.30. The largest absolute Gasteiger partial charge is 0.497 e. The number of aryl methyl sites for hydroxylation is 1. The van der Waals surface area contributed by atoms with Crippen molar-refractivity contribution in [2.45, 2.75) is 6.92 Å². The molecular weight excluding hydrogens is 218 g/mol. The lowest BCUT2D eigenvalue weighted by Gasteiger charge is -2.09. The number of hydrogen-bond donors (Lipinski definition) is 1. The van der Waals surface area contributed by atoms with Crippen LogP contribution in [0.25, 0.3) is 0 Å². The first-order chi connectivity index (χ1) is 8.19. The Hall–Kier alpha value is -2.30. The zero-order valence-corrected chi connectivity index (χ0v) is 9.68. The second kappa shape index (κ2) is 4.69. The zero-order chi connectivity index (χ0) is 12.3. The van der Waals surface area contributed by atoms with Gasteiger partial charge in [-0.2, -0.15) is 0 Å². The molecule has 2 N–H and O–H groups in total. The van der Waals surface area contributed by atoms with E-state index in [2.05, 4.69) is 9.97 Å². The molecular formula is C12H13N3O2. The Balaban J connectivity index is 2.29. The van der Waals surface area contributed by atoms with E-state index in [0.29, 0.717) is 23.1 Å². The highest BCUT2D eigenvalue weighted by molar-refractivity contribution is 5.56. The Labute approximate surface area is 99.2 Å². The van der Waals surface area contributed by atoms with Crippen molar-refractivity contribution in [2.75, 3.05) is 12.8 Å². The van der Waals surface area contributed by atoms with Gasteiger partial charge in [-0.25, -0.2) is 9.97 Å². The number of nitrogens with zero attached hydrogens (tertiary/aromatic N) is 2. The molecule has 88 valence electrons. The zero-order valence-electron chi connectivity index (χ0n) is 9.68. The lowest BCUT2D eigenvalue weighted by atomic mass is 10.3. The Morgan fingerprint density at radius 3 is 2.71 bits per heavy atom. The van der Waals surface area contributed by atoms with Crippen LogP contribution in [0.4, 0.5) is 5.69 Å². The summed E-state index contributed by atoms with van der Waals surface area (Å²) in [4.78, 5) is 7.99. The molecule has 0 radical (unpaired) electrons. The van der Waals surface area contributed by atoms with Crippen LogP contribution >= 0.6 is 0 Å². The highest BCUT2D eigenvalue weighted by atomic mass is 16.5. The molecule has 0 aliphatic heterocycles. The van der Waals surface area contributed by atoms with Gasteiger partial charge in [0.2, 0.25) is 5.88 Å². The third kappa shape index (κ3) is 2.63. The molecule has 0 saturated heterocycles. The standard InChI is InChI=1S/C12H13N3O2/c1-8-5-12(15-7-14-8)17-11-6-9(16-2)3-4-10(11)13/h3-7H,13H2,1-2H3. The molecule has 0 saturated carbocycles. The maximum Gasteiger partial charge on any atom is 0.222 e. The Morgan fingerprint density at radius 1 is 1.18 bits per heavy atom. The smallest absolute Gasteiger partial charge is 0.222 e. The van der Waals surface area contributed by atoms with Crippen molar-refractivity contribution in [1.82, 2.24) is 9.97 Å². The van der Waals surface area contributed by atoms with Gasteiger partial charge >= 0.3 is 0 Å². The minimum Gasteiger partial charge on any atom is -0.497 e. The summed E-state index contributed by atoms with van der Waals surface area (Å²) >= 11 is 0. The van der Waals surface area contributed by atoms with Gasteiger partial charge in [-0.15, -0.1) is 0 Å². The number of nitrogen functional groups attached to an aromatic ring is 1. The number of hydrogen-bond acceptors (Lipinski definition) is 5. The van der Waals surface area contributed by atoms with Crippen molar-refractivity contribution in [3.63, 3.8) is 0 Å². The predicted octanol–water partition coefficient (Wildman–Crippen LogP) is 2.17. The average Bonchev–Trinajstić information content (AvgIpc) is 2.32. The van der Waals surface area contributed by atoms with Crippen LogP contribution in [-0.2, 0) is 0 Å².